The van der Waals surface area contributed by atoms with Gasteiger partial charge < -0.3 is 16.2 Å². The largest absolute Gasteiger partial charge is 0.508 e. The number of phenolic OH excluding ortho intramolecular Hbond substituents is 1. The normalized spacial score (nSPS) is 10.1. The minimum absolute atomic E-state index is 0.335. The first-order chi connectivity index (χ1) is 5.84. The molecule has 3 heteroatoms. The molecule has 66 valence electrons. The van der Waals surface area contributed by atoms with Gasteiger partial charge in [0.2, 0.25) is 0 Å². The van der Waals surface area contributed by atoms with Crippen molar-refractivity contribution >= 4 is 0 Å². The molecular weight excluding hydrogens is 152 g/mol. The molecule has 0 aromatic heterocycles. The Bertz CT molecular complexity index is 238. The van der Waals surface area contributed by atoms with Crippen LogP contribution in [0.25, 0.3) is 0 Å². The van der Waals surface area contributed by atoms with E-state index in [9.17, 15) is 5.11 Å². The van der Waals surface area contributed by atoms with E-state index in [1.165, 1.54) is 0 Å². The van der Waals surface area contributed by atoms with Crippen molar-refractivity contribution in [3.05, 3.63) is 29.8 Å². The predicted octanol–water partition coefficient (Wildman–Crippen LogP) is 0.440. The van der Waals surface area contributed by atoms with E-state index in [0.29, 0.717) is 18.8 Å². The zero-order valence-electron chi connectivity index (χ0n) is 6.96. The summed E-state index contributed by atoms with van der Waals surface area (Å²) in [5.74, 6) is 0.335. The molecule has 0 amide bonds. The molecule has 1 aromatic rings. The summed E-state index contributed by atoms with van der Waals surface area (Å²) in [6.45, 7) is 2.06. The molecule has 0 aliphatic rings. The molecule has 0 saturated carbocycles. The second-order valence-electron chi connectivity index (χ2n) is 2.59. The number of hydrogen-bond acceptors (Lipinski definition) is 3. The average Bonchev–Trinajstić information content (AvgIpc) is 2.09. The monoisotopic (exact) mass is 166 g/mol. The van der Waals surface area contributed by atoms with Gasteiger partial charge in [-0.1, -0.05) is 18.2 Å². The van der Waals surface area contributed by atoms with E-state index < -0.39 is 0 Å². The molecule has 4 N–H and O–H groups in total. The van der Waals surface area contributed by atoms with E-state index >= 15 is 0 Å². The number of benzene rings is 1. The molecule has 0 heterocycles. The minimum atomic E-state index is 0.335. The topological polar surface area (TPSA) is 58.3 Å². The zero-order valence-corrected chi connectivity index (χ0v) is 6.96. The van der Waals surface area contributed by atoms with Gasteiger partial charge in [-0.3, -0.25) is 0 Å². The Hall–Kier alpha value is -1.06. The zero-order chi connectivity index (χ0) is 8.81. The van der Waals surface area contributed by atoms with Crippen molar-refractivity contribution in [1.29, 1.82) is 0 Å². The van der Waals surface area contributed by atoms with Crippen LogP contribution in [-0.2, 0) is 6.54 Å². The molecule has 0 unspecified atom stereocenters. The first kappa shape index (κ1) is 9.03. The molecule has 0 aliphatic heterocycles. The predicted molar refractivity (Wildman–Crippen MR) is 48.9 cm³/mol. The molecule has 0 atom stereocenters. The number of phenols is 1. The summed E-state index contributed by atoms with van der Waals surface area (Å²) in [6, 6.07) is 7.28. The standard InChI is InChI=1S/C9H14N2O/c10-5-6-11-7-8-3-1-2-4-9(8)12/h1-4,11-12H,5-7,10H2. The number of para-hydroxylation sites is 1. The summed E-state index contributed by atoms with van der Waals surface area (Å²) < 4.78 is 0. The number of nitrogens with two attached hydrogens (primary N) is 1. The van der Waals surface area contributed by atoms with Crippen molar-refractivity contribution in [2.75, 3.05) is 13.1 Å². The van der Waals surface area contributed by atoms with Crippen LogP contribution in [0, 0.1) is 0 Å². The van der Waals surface area contributed by atoms with Crippen LogP contribution < -0.4 is 11.1 Å². The van der Waals surface area contributed by atoms with E-state index in [-0.39, 0.29) is 0 Å². The van der Waals surface area contributed by atoms with Crippen LogP contribution >= 0.6 is 0 Å². The smallest absolute Gasteiger partial charge is 0.120 e. The third kappa shape index (κ3) is 2.53. The van der Waals surface area contributed by atoms with Crippen molar-refractivity contribution in [3.63, 3.8) is 0 Å². The lowest BCUT2D eigenvalue weighted by molar-refractivity contribution is 0.465. The summed E-state index contributed by atoms with van der Waals surface area (Å²) in [5.41, 5.74) is 6.21. The van der Waals surface area contributed by atoms with Crippen LogP contribution in [0.1, 0.15) is 5.56 Å². The lowest BCUT2D eigenvalue weighted by Gasteiger charge is -2.04. The van der Waals surface area contributed by atoms with Crippen LogP contribution in [0.15, 0.2) is 24.3 Å². The van der Waals surface area contributed by atoms with Gasteiger partial charge in [0.1, 0.15) is 5.75 Å². The number of nitrogens with one attached hydrogen (secondary N) is 1. The Kier molecular flexibility index (Phi) is 3.57. The summed E-state index contributed by atoms with van der Waals surface area (Å²) in [7, 11) is 0. The van der Waals surface area contributed by atoms with Crippen molar-refractivity contribution in [1.82, 2.24) is 5.32 Å². The summed E-state index contributed by atoms with van der Waals surface area (Å²) in [6.07, 6.45) is 0. The Balaban J connectivity index is 2.46. The maximum Gasteiger partial charge on any atom is 0.120 e. The average molecular weight is 166 g/mol. The molecule has 0 bridgehead atoms. The number of aromatic hydroxyl groups is 1. The van der Waals surface area contributed by atoms with Gasteiger partial charge >= 0.3 is 0 Å². The highest BCUT2D eigenvalue weighted by molar-refractivity contribution is 5.31. The van der Waals surface area contributed by atoms with Crippen molar-refractivity contribution in [2.24, 2.45) is 5.73 Å². The lowest BCUT2D eigenvalue weighted by atomic mass is 10.2. The third-order valence-corrected chi connectivity index (χ3v) is 1.63. The number of hydrogen-bond donors (Lipinski definition) is 3. The molecule has 0 spiro atoms. The van der Waals surface area contributed by atoms with E-state index in [2.05, 4.69) is 5.32 Å². The molecule has 0 radical (unpaired) electrons. The van der Waals surface area contributed by atoms with Crippen molar-refractivity contribution < 1.29 is 5.11 Å². The van der Waals surface area contributed by atoms with E-state index in [0.717, 1.165) is 12.1 Å². The summed E-state index contributed by atoms with van der Waals surface area (Å²) in [5, 5.41) is 12.4. The highest BCUT2D eigenvalue weighted by Crippen LogP contribution is 2.14. The van der Waals surface area contributed by atoms with Gasteiger partial charge in [-0.15, -0.1) is 0 Å². The fraction of sp³-hybridized carbons (Fsp3) is 0.333. The van der Waals surface area contributed by atoms with Crippen molar-refractivity contribution in [3.8, 4) is 5.75 Å². The van der Waals surface area contributed by atoms with Crippen LogP contribution in [-0.4, -0.2) is 18.2 Å². The minimum Gasteiger partial charge on any atom is -0.508 e. The Morgan fingerprint density at radius 1 is 1.33 bits per heavy atom. The molecule has 0 fully saturated rings. The quantitative estimate of drug-likeness (QED) is 0.569. The molecular formula is C9H14N2O. The van der Waals surface area contributed by atoms with Gasteiger partial charge in [0, 0.05) is 25.2 Å². The van der Waals surface area contributed by atoms with Crippen LogP contribution in [0.3, 0.4) is 0 Å². The highest BCUT2D eigenvalue weighted by Gasteiger charge is 1.96. The van der Waals surface area contributed by atoms with Gasteiger partial charge in [0.15, 0.2) is 0 Å². The van der Waals surface area contributed by atoms with E-state index in [1.807, 2.05) is 18.2 Å². The third-order valence-electron chi connectivity index (χ3n) is 1.63. The second kappa shape index (κ2) is 4.74. The SMILES string of the molecule is NCCNCc1ccccc1O. The Morgan fingerprint density at radius 2 is 2.08 bits per heavy atom. The van der Waals surface area contributed by atoms with Crippen LogP contribution in [0.2, 0.25) is 0 Å². The summed E-state index contributed by atoms with van der Waals surface area (Å²) in [4.78, 5) is 0. The fourth-order valence-corrected chi connectivity index (χ4v) is 0.985. The van der Waals surface area contributed by atoms with Gasteiger partial charge in [-0.25, -0.2) is 0 Å². The number of rotatable bonds is 4. The van der Waals surface area contributed by atoms with Gasteiger partial charge in [0.25, 0.3) is 0 Å². The van der Waals surface area contributed by atoms with Crippen LogP contribution in [0.4, 0.5) is 0 Å². The lowest BCUT2D eigenvalue weighted by Crippen LogP contribution is -2.21. The molecule has 1 rings (SSSR count). The molecule has 3 nitrogen and oxygen atoms in total. The Morgan fingerprint density at radius 3 is 2.75 bits per heavy atom. The first-order valence-electron chi connectivity index (χ1n) is 4.02. The second-order valence-corrected chi connectivity index (χ2v) is 2.59. The van der Waals surface area contributed by atoms with Gasteiger partial charge in [-0.2, -0.15) is 0 Å². The van der Waals surface area contributed by atoms with Crippen LogP contribution in [0.5, 0.6) is 5.75 Å². The highest BCUT2D eigenvalue weighted by atomic mass is 16.3. The maximum atomic E-state index is 9.34. The molecule has 0 saturated heterocycles. The fourth-order valence-electron chi connectivity index (χ4n) is 0.985. The van der Waals surface area contributed by atoms with E-state index in [1.54, 1.807) is 6.07 Å². The molecule has 1 aromatic carbocycles. The Labute approximate surface area is 72.2 Å². The first-order valence-corrected chi connectivity index (χ1v) is 4.02. The van der Waals surface area contributed by atoms with Crippen molar-refractivity contribution in [2.45, 2.75) is 6.54 Å². The summed E-state index contributed by atoms with van der Waals surface area (Å²) >= 11 is 0. The molecule has 12 heavy (non-hydrogen) atoms. The van der Waals surface area contributed by atoms with Gasteiger partial charge in [0.05, 0.1) is 0 Å². The molecule has 0 aliphatic carbocycles. The van der Waals surface area contributed by atoms with Gasteiger partial charge in [-0.05, 0) is 6.07 Å². The maximum absolute atomic E-state index is 9.34. The van der Waals surface area contributed by atoms with E-state index in [4.69, 9.17) is 5.73 Å².